The topological polar surface area (TPSA) is 22.0 Å². The van der Waals surface area contributed by atoms with Crippen LogP contribution in [-0.4, -0.2) is 10.5 Å². The normalized spacial score (nSPS) is 8.80. The monoisotopic (exact) mass is 132 g/mol. The fourth-order valence-electron chi connectivity index (χ4n) is 0.757. The van der Waals surface area contributed by atoms with Crippen molar-refractivity contribution >= 4 is 5.91 Å². The molecule has 2 nitrogen and oxygen atoms in total. The molecule has 10 heavy (non-hydrogen) atoms. The molecule has 1 radical (unpaired) electrons. The number of carbonyl (C=O) groups excluding carboxylic acids is 1. The van der Waals surface area contributed by atoms with Gasteiger partial charge in [-0.3, -0.25) is 9.36 Å². The van der Waals surface area contributed by atoms with Crippen LogP contribution in [0.15, 0.2) is 18.3 Å². The van der Waals surface area contributed by atoms with Crippen molar-refractivity contribution in [3.05, 3.63) is 30.4 Å². The first kappa shape index (κ1) is 6.63. The molecule has 1 aromatic rings. The molecule has 0 unspecified atom stereocenters. The van der Waals surface area contributed by atoms with Crippen LogP contribution in [-0.2, 0) is 0 Å². The Bertz CT molecular complexity index is 290. The maximum absolute atomic E-state index is 10.7. The molecule has 1 aromatic heterocycles. The first-order valence-corrected chi connectivity index (χ1v) is 2.86. The first-order valence-electron chi connectivity index (χ1n) is 2.86. The van der Waals surface area contributed by atoms with Gasteiger partial charge in [0.25, 0.3) is 0 Å². The summed E-state index contributed by atoms with van der Waals surface area (Å²) in [5.74, 6) is 2.05. The molecule has 0 atom stereocenters. The zero-order chi connectivity index (χ0) is 7.56. The lowest BCUT2D eigenvalue weighted by molar-refractivity contribution is 0.0936. The summed E-state index contributed by atoms with van der Waals surface area (Å²) < 4.78 is 1.37. The van der Waals surface area contributed by atoms with E-state index in [-0.39, 0.29) is 5.91 Å². The Hall–Kier alpha value is -1.49. The van der Waals surface area contributed by atoms with Gasteiger partial charge in [0, 0.05) is 13.1 Å². The Morgan fingerprint density at radius 1 is 1.80 bits per heavy atom. The Labute approximate surface area is 59.5 Å². The second-order valence-electron chi connectivity index (χ2n) is 1.91. The molecule has 49 valence electrons. The highest BCUT2D eigenvalue weighted by Crippen LogP contribution is 1.98. The van der Waals surface area contributed by atoms with Crippen LogP contribution in [0.1, 0.15) is 17.4 Å². The lowest BCUT2D eigenvalue weighted by Gasteiger charge is -1.95. The van der Waals surface area contributed by atoms with E-state index in [4.69, 9.17) is 6.42 Å². The largest absolute Gasteiger partial charge is 0.280 e. The Kier molecular flexibility index (Phi) is 1.59. The molecule has 0 spiro atoms. The van der Waals surface area contributed by atoms with Gasteiger partial charge in [-0.05, 0) is 24.5 Å². The molecule has 0 bridgehead atoms. The van der Waals surface area contributed by atoms with Crippen LogP contribution in [0.3, 0.4) is 0 Å². The van der Waals surface area contributed by atoms with E-state index in [1.807, 2.05) is 0 Å². The SMILES string of the molecule is [C]#Cc1cccn1C(C)=O. The summed E-state index contributed by atoms with van der Waals surface area (Å²) in [6.45, 7) is 1.45. The second-order valence-corrected chi connectivity index (χ2v) is 1.91. The number of carbonyl (C=O) groups is 1. The van der Waals surface area contributed by atoms with Crippen LogP contribution in [0.2, 0.25) is 0 Å². The van der Waals surface area contributed by atoms with Crippen molar-refractivity contribution in [1.82, 2.24) is 4.57 Å². The molecule has 2 heteroatoms. The molecular formula is C8H6NO. The molecule has 0 saturated heterocycles. The van der Waals surface area contributed by atoms with Gasteiger partial charge in [0.15, 0.2) is 0 Å². The van der Waals surface area contributed by atoms with E-state index in [1.165, 1.54) is 11.5 Å². The van der Waals surface area contributed by atoms with Crippen molar-refractivity contribution in [2.24, 2.45) is 0 Å². The highest BCUT2D eigenvalue weighted by molar-refractivity contribution is 5.77. The molecule has 0 aliphatic rings. The van der Waals surface area contributed by atoms with Crippen molar-refractivity contribution in [1.29, 1.82) is 0 Å². The predicted molar refractivity (Wildman–Crippen MR) is 37.0 cm³/mol. The molecule has 0 N–H and O–H groups in total. The van der Waals surface area contributed by atoms with E-state index in [9.17, 15) is 4.79 Å². The smallest absolute Gasteiger partial charge is 0.228 e. The van der Waals surface area contributed by atoms with Crippen molar-refractivity contribution in [2.75, 3.05) is 0 Å². The number of rotatable bonds is 0. The molecule has 1 heterocycles. The lowest BCUT2D eigenvalue weighted by Crippen LogP contribution is -2.05. The van der Waals surface area contributed by atoms with Gasteiger partial charge in [-0.2, -0.15) is 0 Å². The zero-order valence-electron chi connectivity index (χ0n) is 5.59. The first-order chi connectivity index (χ1) is 4.75. The van der Waals surface area contributed by atoms with E-state index < -0.39 is 0 Å². The van der Waals surface area contributed by atoms with E-state index in [0.717, 1.165) is 0 Å². The summed E-state index contributed by atoms with van der Waals surface area (Å²) >= 11 is 0. The van der Waals surface area contributed by atoms with Crippen molar-refractivity contribution in [2.45, 2.75) is 6.92 Å². The van der Waals surface area contributed by atoms with Crippen molar-refractivity contribution in [3.63, 3.8) is 0 Å². The summed E-state index contributed by atoms with van der Waals surface area (Å²) in [4.78, 5) is 10.7. The summed E-state index contributed by atoms with van der Waals surface area (Å²) in [6.07, 6.45) is 8.38. The maximum Gasteiger partial charge on any atom is 0.228 e. The minimum atomic E-state index is -0.0975. The third kappa shape index (κ3) is 0.939. The van der Waals surface area contributed by atoms with Crippen LogP contribution in [0.5, 0.6) is 0 Å². The lowest BCUT2D eigenvalue weighted by atomic mass is 10.4. The number of hydrogen-bond acceptors (Lipinski definition) is 1. The molecule has 0 aliphatic heterocycles. The fraction of sp³-hybridized carbons (Fsp3) is 0.125. The zero-order valence-corrected chi connectivity index (χ0v) is 5.59. The number of hydrogen-bond donors (Lipinski definition) is 0. The van der Waals surface area contributed by atoms with Crippen LogP contribution in [0.25, 0.3) is 0 Å². The highest BCUT2D eigenvalue weighted by Gasteiger charge is 1.99. The standard InChI is InChI=1S/C8H6NO/c1-3-8-5-4-6-9(8)7(2)10/h4-6H,2H3. The van der Waals surface area contributed by atoms with Gasteiger partial charge in [-0.1, -0.05) is 0 Å². The van der Waals surface area contributed by atoms with Crippen molar-refractivity contribution in [3.8, 4) is 5.92 Å². The van der Waals surface area contributed by atoms with Crippen molar-refractivity contribution < 1.29 is 4.79 Å². The Balaban J connectivity index is 3.17. The molecule has 0 fully saturated rings. The van der Waals surface area contributed by atoms with Gasteiger partial charge in [-0.25, -0.2) is 0 Å². The molecule has 0 saturated carbocycles. The Morgan fingerprint density at radius 3 is 2.90 bits per heavy atom. The summed E-state index contributed by atoms with van der Waals surface area (Å²) in [5, 5.41) is 0. The minimum Gasteiger partial charge on any atom is -0.280 e. The molecule has 0 amide bonds. The van der Waals surface area contributed by atoms with Gasteiger partial charge < -0.3 is 0 Å². The van der Waals surface area contributed by atoms with Gasteiger partial charge >= 0.3 is 0 Å². The predicted octanol–water partition coefficient (Wildman–Crippen LogP) is 1.09. The second kappa shape index (κ2) is 2.40. The maximum atomic E-state index is 10.7. The van der Waals surface area contributed by atoms with Crippen LogP contribution in [0, 0.1) is 12.3 Å². The van der Waals surface area contributed by atoms with Gasteiger partial charge in [0.2, 0.25) is 5.91 Å². The van der Waals surface area contributed by atoms with Gasteiger partial charge in [0.05, 0.1) is 5.69 Å². The van der Waals surface area contributed by atoms with E-state index in [2.05, 4.69) is 5.92 Å². The number of aromatic nitrogens is 1. The van der Waals surface area contributed by atoms with E-state index >= 15 is 0 Å². The summed E-state index contributed by atoms with van der Waals surface area (Å²) in [5.41, 5.74) is 0.493. The molecule has 0 aliphatic carbocycles. The molecular weight excluding hydrogens is 126 g/mol. The minimum absolute atomic E-state index is 0.0975. The number of nitrogens with zero attached hydrogens (tertiary/aromatic N) is 1. The quantitative estimate of drug-likeness (QED) is 0.484. The summed E-state index contributed by atoms with van der Waals surface area (Å²) in [7, 11) is 0. The van der Waals surface area contributed by atoms with Crippen LogP contribution in [0.4, 0.5) is 0 Å². The van der Waals surface area contributed by atoms with Crippen LogP contribution >= 0.6 is 0 Å². The summed E-state index contributed by atoms with van der Waals surface area (Å²) in [6, 6.07) is 3.37. The fourth-order valence-corrected chi connectivity index (χ4v) is 0.757. The Morgan fingerprint density at radius 2 is 2.50 bits per heavy atom. The van der Waals surface area contributed by atoms with E-state index in [1.54, 1.807) is 18.3 Å². The molecule has 0 aromatic carbocycles. The third-order valence-electron chi connectivity index (χ3n) is 1.22. The molecule has 1 rings (SSSR count). The average Bonchev–Trinajstić information content (AvgIpc) is 2.33. The van der Waals surface area contributed by atoms with Gasteiger partial charge in [0.1, 0.15) is 0 Å². The third-order valence-corrected chi connectivity index (χ3v) is 1.22. The van der Waals surface area contributed by atoms with Crippen LogP contribution < -0.4 is 0 Å². The average molecular weight is 132 g/mol. The van der Waals surface area contributed by atoms with E-state index in [0.29, 0.717) is 5.69 Å². The van der Waals surface area contributed by atoms with Gasteiger partial charge in [-0.15, -0.1) is 0 Å². The highest BCUT2D eigenvalue weighted by atomic mass is 16.1.